The van der Waals surface area contributed by atoms with Crippen LogP contribution in [0.2, 0.25) is 0 Å². The van der Waals surface area contributed by atoms with Crippen molar-refractivity contribution >= 4 is 18.5 Å². The number of carbonyl (C=O) groups is 3. The number of aldehydes is 2. The van der Waals surface area contributed by atoms with E-state index in [1.165, 1.54) is 0 Å². The molecule has 24 heavy (non-hydrogen) atoms. The molecule has 0 unspecified atom stereocenters. The van der Waals surface area contributed by atoms with Gasteiger partial charge in [0.05, 0.1) is 18.1 Å². The van der Waals surface area contributed by atoms with Gasteiger partial charge in [-0.2, -0.15) is 0 Å². The summed E-state index contributed by atoms with van der Waals surface area (Å²) in [6.07, 6.45) is 5.87. The van der Waals surface area contributed by atoms with E-state index in [1.807, 2.05) is 27.7 Å². The molecule has 6 nitrogen and oxygen atoms in total. The Morgan fingerprint density at radius 3 is 1.92 bits per heavy atom. The van der Waals surface area contributed by atoms with Gasteiger partial charge in [-0.15, -0.1) is 0 Å². The van der Waals surface area contributed by atoms with Gasteiger partial charge in [-0.25, -0.2) is 0 Å². The molecule has 0 spiro atoms. The van der Waals surface area contributed by atoms with E-state index in [0.29, 0.717) is 24.7 Å². The van der Waals surface area contributed by atoms with Crippen molar-refractivity contribution in [3.05, 3.63) is 0 Å². The van der Waals surface area contributed by atoms with Crippen LogP contribution < -0.4 is 16.8 Å². The van der Waals surface area contributed by atoms with Crippen molar-refractivity contribution in [2.24, 2.45) is 23.3 Å². The van der Waals surface area contributed by atoms with Crippen molar-refractivity contribution in [1.29, 1.82) is 0 Å². The normalized spacial score (nSPS) is 14.4. The Labute approximate surface area is 147 Å². The Balaban J connectivity index is 0. The lowest BCUT2D eigenvalue weighted by Gasteiger charge is -2.19. The summed E-state index contributed by atoms with van der Waals surface area (Å²) in [5.74, 6) is 0.517. The maximum atomic E-state index is 11.6. The summed E-state index contributed by atoms with van der Waals surface area (Å²) in [5.41, 5.74) is 11.0. The molecule has 142 valence electrons. The molecule has 0 rings (SSSR count). The fraction of sp³-hybridized carbons (Fsp3) is 0.833. The summed E-state index contributed by atoms with van der Waals surface area (Å²) in [7, 11) is 0. The van der Waals surface area contributed by atoms with E-state index in [0.717, 1.165) is 31.8 Å². The molecule has 0 aliphatic rings. The van der Waals surface area contributed by atoms with Crippen molar-refractivity contribution < 1.29 is 14.4 Å². The molecule has 0 fully saturated rings. The first kappa shape index (κ1) is 25.0. The monoisotopic (exact) mass is 343 g/mol. The first-order valence-corrected chi connectivity index (χ1v) is 8.89. The number of nitrogens with one attached hydrogen (secondary N) is 1. The van der Waals surface area contributed by atoms with Crippen LogP contribution in [-0.2, 0) is 14.4 Å². The summed E-state index contributed by atoms with van der Waals surface area (Å²) in [5, 5.41) is 2.67. The van der Waals surface area contributed by atoms with Crippen LogP contribution in [0.5, 0.6) is 0 Å². The quantitative estimate of drug-likeness (QED) is 0.495. The third-order valence-corrected chi connectivity index (χ3v) is 3.35. The van der Waals surface area contributed by atoms with Crippen LogP contribution >= 0.6 is 0 Å². The first-order valence-electron chi connectivity index (χ1n) is 8.89. The van der Waals surface area contributed by atoms with Crippen LogP contribution in [0, 0.1) is 11.8 Å². The van der Waals surface area contributed by atoms with Crippen molar-refractivity contribution in [1.82, 2.24) is 5.32 Å². The minimum atomic E-state index is -0.519. The fourth-order valence-corrected chi connectivity index (χ4v) is 2.07. The van der Waals surface area contributed by atoms with Crippen LogP contribution in [-0.4, -0.2) is 36.6 Å². The highest BCUT2D eigenvalue weighted by molar-refractivity contribution is 5.84. The Bertz CT molecular complexity index is 346. The smallest absolute Gasteiger partial charge is 0.237 e. The Morgan fingerprint density at radius 1 is 1.00 bits per heavy atom. The summed E-state index contributed by atoms with van der Waals surface area (Å²) in [6.45, 7) is 10.1. The van der Waals surface area contributed by atoms with E-state index >= 15 is 0 Å². The average Bonchev–Trinajstić information content (AvgIpc) is 2.51. The molecule has 0 heterocycles. The second-order valence-electron chi connectivity index (χ2n) is 7.06. The van der Waals surface area contributed by atoms with Crippen molar-refractivity contribution in [3.8, 4) is 0 Å². The van der Waals surface area contributed by atoms with E-state index < -0.39 is 12.1 Å². The molecule has 0 aromatic carbocycles. The predicted molar refractivity (Wildman–Crippen MR) is 98.4 cm³/mol. The number of nitrogens with two attached hydrogens (primary N) is 2. The Hall–Kier alpha value is -1.27. The number of carbonyl (C=O) groups excluding carboxylic acids is 3. The lowest BCUT2D eigenvalue weighted by Crippen LogP contribution is -2.46. The van der Waals surface area contributed by atoms with Crippen molar-refractivity contribution in [2.45, 2.75) is 84.8 Å². The lowest BCUT2D eigenvalue weighted by atomic mass is 10.0. The number of hydrogen-bond donors (Lipinski definition) is 3. The van der Waals surface area contributed by atoms with Gasteiger partial charge >= 0.3 is 0 Å². The summed E-state index contributed by atoms with van der Waals surface area (Å²) >= 11 is 0. The highest BCUT2D eigenvalue weighted by Gasteiger charge is 2.19. The number of hydrogen-bond acceptors (Lipinski definition) is 5. The van der Waals surface area contributed by atoms with E-state index in [4.69, 9.17) is 11.5 Å². The van der Waals surface area contributed by atoms with Gasteiger partial charge < -0.3 is 26.4 Å². The standard InChI is InChI=1S/C12H24N2O2.C6H13NO/c1-8(2)5-10(7-15)14-12(16)11(13)6-9(3)4;1-2-3-4-6(7)5-8/h7-11H,5-6,13H2,1-4H3,(H,14,16);5-6H,2-4,7H2,1H3/t10-,11-;6-/m00/s1. The number of unbranched alkanes of at least 4 members (excludes halogenated alkanes) is 1. The van der Waals surface area contributed by atoms with Gasteiger partial charge in [0.25, 0.3) is 0 Å². The second kappa shape index (κ2) is 15.3. The first-order chi connectivity index (χ1) is 11.2. The molecule has 3 atom stereocenters. The molecular formula is C18H37N3O3. The summed E-state index contributed by atoms with van der Waals surface area (Å²) in [6, 6.07) is -1.16. The third kappa shape index (κ3) is 15.6. The van der Waals surface area contributed by atoms with E-state index in [-0.39, 0.29) is 11.9 Å². The minimum absolute atomic E-state index is 0.227. The highest BCUT2D eigenvalue weighted by atomic mass is 16.2. The topological polar surface area (TPSA) is 115 Å². The molecule has 0 bridgehead atoms. The second-order valence-corrected chi connectivity index (χ2v) is 7.06. The molecule has 0 aliphatic carbocycles. The maximum absolute atomic E-state index is 11.6. The molecule has 6 heteroatoms. The zero-order valence-electron chi connectivity index (χ0n) is 16.0. The van der Waals surface area contributed by atoms with Gasteiger partial charge in [-0.05, 0) is 31.1 Å². The van der Waals surface area contributed by atoms with Gasteiger partial charge in [-0.3, -0.25) is 4.79 Å². The molecule has 0 saturated carbocycles. The zero-order chi connectivity index (χ0) is 19.1. The minimum Gasteiger partial charge on any atom is -0.345 e. The molecule has 1 amide bonds. The van der Waals surface area contributed by atoms with Crippen LogP contribution in [0.15, 0.2) is 0 Å². The van der Waals surface area contributed by atoms with E-state index in [1.54, 1.807) is 0 Å². The van der Waals surface area contributed by atoms with Gasteiger partial charge in [0.1, 0.15) is 12.6 Å². The van der Waals surface area contributed by atoms with E-state index in [9.17, 15) is 14.4 Å². The number of rotatable bonds is 11. The third-order valence-electron chi connectivity index (χ3n) is 3.35. The van der Waals surface area contributed by atoms with E-state index in [2.05, 4.69) is 12.2 Å². The molecule has 0 saturated heterocycles. The molecular weight excluding hydrogens is 306 g/mol. The molecule has 5 N–H and O–H groups in total. The SMILES string of the molecule is CC(C)C[C@@H](C=O)NC(=O)[C@@H](N)CC(C)C.CCCC[C@H](N)C=O. The highest BCUT2D eigenvalue weighted by Crippen LogP contribution is 2.05. The van der Waals surface area contributed by atoms with Crippen LogP contribution in [0.1, 0.15) is 66.7 Å². The molecule has 0 aromatic rings. The Kier molecular flexibility index (Phi) is 15.9. The average molecular weight is 344 g/mol. The largest absolute Gasteiger partial charge is 0.345 e. The maximum Gasteiger partial charge on any atom is 0.237 e. The molecule has 0 radical (unpaired) electrons. The van der Waals surface area contributed by atoms with Crippen molar-refractivity contribution in [2.75, 3.05) is 0 Å². The molecule has 0 aliphatic heterocycles. The van der Waals surface area contributed by atoms with Gasteiger partial charge in [-0.1, -0.05) is 47.5 Å². The summed E-state index contributed by atoms with van der Waals surface area (Å²) in [4.78, 5) is 32.3. The lowest BCUT2D eigenvalue weighted by molar-refractivity contribution is -0.125. The van der Waals surface area contributed by atoms with Crippen LogP contribution in [0.3, 0.4) is 0 Å². The van der Waals surface area contributed by atoms with Crippen LogP contribution in [0.25, 0.3) is 0 Å². The summed E-state index contributed by atoms with van der Waals surface area (Å²) < 4.78 is 0. The predicted octanol–water partition coefficient (Wildman–Crippen LogP) is 1.79. The van der Waals surface area contributed by atoms with Crippen molar-refractivity contribution in [3.63, 3.8) is 0 Å². The molecule has 0 aromatic heterocycles. The van der Waals surface area contributed by atoms with Gasteiger partial charge in [0.15, 0.2) is 0 Å². The van der Waals surface area contributed by atoms with Crippen LogP contribution in [0.4, 0.5) is 0 Å². The van der Waals surface area contributed by atoms with Gasteiger partial charge in [0, 0.05) is 0 Å². The van der Waals surface area contributed by atoms with Gasteiger partial charge in [0.2, 0.25) is 5.91 Å². The Morgan fingerprint density at radius 2 is 1.54 bits per heavy atom. The number of amides is 1. The fourth-order valence-electron chi connectivity index (χ4n) is 2.07. The zero-order valence-corrected chi connectivity index (χ0v) is 16.0.